The van der Waals surface area contributed by atoms with Gasteiger partial charge in [-0.15, -0.1) is 0 Å². The number of aromatic nitrogens is 2. The minimum atomic E-state index is -4.58. The Morgan fingerprint density at radius 3 is 2.65 bits per heavy atom. The van der Waals surface area contributed by atoms with Crippen molar-refractivity contribution in [3.05, 3.63) is 11.8 Å². The molecule has 0 saturated heterocycles. The molecular weight excluding hydrogens is 257 g/mol. The molecule has 17 heavy (non-hydrogen) atoms. The Morgan fingerprint density at radius 2 is 2.18 bits per heavy atom. The molecule has 0 spiro atoms. The summed E-state index contributed by atoms with van der Waals surface area (Å²) in [5.74, 6) is -0.557. The lowest BCUT2D eigenvalue weighted by Crippen LogP contribution is -2.20. The van der Waals surface area contributed by atoms with Crippen molar-refractivity contribution >= 4 is 11.8 Å². The van der Waals surface area contributed by atoms with Crippen LogP contribution in [-0.2, 0) is 6.18 Å². The molecule has 0 aliphatic carbocycles. The molecule has 1 heterocycles. The summed E-state index contributed by atoms with van der Waals surface area (Å²) in [6.45, 7) is 1.05. The third-order valence-corrected chi connectivity index (χ3v) is 2.35. The van der Waals surface area contributed by atoms with Crippen LogP contribution in [0.5, 0.6) is 5.88 Å². The molecule has 0 aliphatic heterocycles. The fourth-order valence-electron chi connectivity index (χ4n) is 0.961. The monoisotopic (exact) mass is 268 g/mol. The lowest BCUT2D eigenvalue weighted by Gasteiger charge is -2.16. The van der Waals surface area contributed by atoms with Gasteiger partial charge in [0.05, 0.1) is 6.61 Å². The van der Waals surface area contributed by atoms with E-state index in [9.17, 15) is 13.2 Å². The van der Waals surface area contributed by atoms with Crippen LogP contribution in [-0.4, -0.2) is 34.0 Å². The van der Waals surface area contributed by atoms with Crippen LogP contribution in [0.25, 0.3) is 0 Å². The standard InChI is InChI=1S/C9H11F3N2O2S/c1-5(4-15)16-7-6(9(10,11)12)3-13-8(14-7)17-2/h3,5,15H,4H2,1-2H3/t5-/m1/s1. The second kappa shape index (κ2) is 5.54. The summed E-state index contributed by atoms with van der Waals surface area (Å²) in [6.07, 6.45) is -3.03. The molecule has 8 heteroatoms. The molecule has 0 fully saturated rings. The SMILES string of the molecule is CSc1ncc(C(F)(F)F)c(O[C@H](C)CO)n1. The number of thioether (sulfide) groups is 1. The Bertz CT molecular complexity index is 387. The number of halogens is 3. The first-order valence-electron chi connectivity index (χ1n) is 4.64. The number of alkyl halides is 3. The van der Waals surface area contributed by atoms with Crippen LogP contribution in [0.3, 0.4) is 0 Å². The Kier molecular flexibility index (Phi) is 4.58. The summed E-state index contributed by atoms with van der Waals surface area (Å²) in [5.41, 5.74) is -1.05. The fourth-order valence-corrected chi connectivity index (χ4v) is 1.29. The minimum Gasteiger partial charge on any atom is -0.472 e. The van der Waals surface area contributed by atoms with Gasteiger partial charge in [-0.3, -0.25) is 0 Å². The predicted octanol–water partition coefficient (Wildman–Crippen LogP) is 1.98. The number of hydrogen-bond acceptors (Lipinski definition) is 5. The number of ether oxygens (including phenoxy) is 1. The molecule has 1 aromatic heterocycles. The average molecular weight is 268 g/mol. The maximum Gasteiger partial charge on any atom is 0.423 e. The first kappa shape index (κ1) is 14.0. The van der Waals surface area contributed by atoms with E-state index in [-0.39, 0.29) is 5.16 Å². The van der Waals surface area contributed by atoms with E-state index in [2.05, 4.69) is 9.97 Å². The average Bonchev–Trinajstić information content (AvgIpc) is 2.27. The number of nitrogens with zero attached hydrogens (tertiary/aromatic N) is 2. The summed E-state index contributed by atoms with van der Waals surface area (Å²) < 4.78 is 42.8. The van der Waals surface area contributed by atoms with Crippen LogP contribution in [0.4, 0.5) is 13.2 Å². The fraction of sp³-hybridized carbons (Fsp3) is 0.556. The third-order valence-electron chi connectivity index (χ3n) is 1.79. The highest BCUT2D eigenvalue weighted by Gasteiger charge is 2.36. The first-order chi connectivity index (χ1) is 7.88. The zero-order valence-corrected chi connectivity index (χ0v) is 9.97. The Hall–Kier alpha value is -1.02. The van der Waals surface area contributed by atoms with Gasteiger partial charge in [0.15, 0.2) is 5.16 Å². The third kappa shape index (κ3) is 3.74. The van der Waals surface area contributed by atoms with Gasteiger partial charge in [0.1, 0.15) is 11.7 Å². The zero-order valence-electron chi connectivity index (χ0n) is 9.15. The highest BCUT2D eigenvalue weighted by atomic mass is 32.2. The molecule has 96 valence electrons. The summed E-state index contributed by atoms with van der Waals surface area (Å²) >= 11 is 1.10. The normalized spacial score (nSPS) is 13.5. The lowest BCUT2D eigenvalue weighted by molar-refractivity contribution is -0.140. The largest absolute Gasteiger partial charge is 0.472 e. The molecule has 1 aromatic rings. The Labute approximate surface area is 100 Å². The van der Waals surface area contributed by atoms with Gasteiger partial charge in [0.2, 0.25) is 5.88 Å². The van der Waals surface area contributed by atoms with E-state index in [4.69, 9.17) is 9.84 Å². The molecule has 0 saturated carbocycles. The highest BCUT2D eigenvalue weighted by Crippen LogP contribution is 2.35. The summed E-state index contributed by atoms with van der Waals surface area (Å²) in [5, 5.41) is 8.94. The maximum absolute atomic E-state index is 12.6. The van der Waals surface area contributed by atoms with E-state index in [1.807, 2.05) is 0 Å². The van der Waals surface area contributed by atoms with Gasteiger partial charge >= 0.3 is 6.18 Å². The molecule has 0 bridgehead atoms. The first-order valence-corrected chi connectivity index (χ1v) is 5.86. The van der Waals surface area contributed by atoms with Crippen molar-refractivity contribution in [2.24, 2.45) is 0 Å². The van der Waals surface area contributed by atoms with Crippen molar-refractivity contribution in [1.82, 2.24) is 9.97 Å². The van der Waals surface area contributed by atoms with Crippen LogP contribution >= 0.6 is 11.8 Å². The van der Waals surface area contributed by atoms with Gasteiger partial charge in [-0.2, -0.15) is 18.2 Å². The molecule has 1 atom stereocenters. The topological polar surface area (TPSA) is 55.2 Å². The van der Waals surface area contributed by atoms with E-state index < -0.39 is 30.3 Å². The van der Waals surface area contributed by atoms with E-state index in [0.29, 0.717) is 6.20 Å². The van der Waals surface area contributed by atoms with Crippen LogP contribution in [0.15, 0.2) is 11.4 Å². The van der Waals surface area contributed by atoms with Crippen LogP contribution < -0.4 is 4.74 Å². The molecule has 0 unspecified atom stereocenters. The van der Waals surface area contributed by atoms with E-state index >= 15 is 0 Å². The van der Waals surface area contributed by atoms with Gasteiger partial charge in [0, 0.05) is 6.20 Å². The molecule has 1 N–H and O–H groups in total. The van der Waals surface area contributed by atoms with Crippen molar-refractivity contribution in [3.8, 4) is 5.88 Å². The van der Waals surface area contributed by atoms with Gasteiger partial charge in [-0.05, 0) is 13.2 Å². The molecule has 0 aromatic carbocycles. The number of rotatable bonds is 4. The van der Waals surface area contributed by atoms with E-state index in [1.165, 1.54) is 6.92 Å². The van der Waals surface area contributed by atoms with Crippen molar-refractivity contribution in [3.63, 3.8) is 0 Å². The number of hydrogen-bond donors (Lipinski definition) is 1. The quantitative estimate of drug-likeness (QED) is 0.668. The molecule has 4 nitrogen and oxygen atoms in total. The number of aliphatic hydroxyl groups excluding tert-OH is 1. The summed E-state index contributed by atoms with van der Waals surface area (Å²) in [6, 6.07) is 0. The Morgan fingerprint density at radius 1 is 1.53 bits per heavy atom. The van der Waals surface area contributed by atoms with Crippen molar-refractivity contribution < 1.29 is 23.0 Å². The lowest BCUT2D eigenvalue weighted by atomic mass is 10.3. The van der Waals surface area contributed by atoms with Crippen molar-refractivity contribution in [2.75, 3.05) is 12.9 Å². The molecule has 0 aliphatic rings. The van der Waals surface area contributed by atoms with Crippen molar-refractivity contribution in [2.45, 2.75) is 24.4 Å². The van der Waals surface area contributed by atoms with Gasteiger partial charge in [-0.1, -0.05) is 11.8 Å². The second-order valence-corrected chi connectivity index (χ2v) is 3.96. The Balaban J connectivity index is 3.12. The second-order valence-electron chi connectivity index (χ2n) is 3.18. The maximum atomic E-state index is 12.6. The summed E-state index contributed by atoms with van der Waals surface area (Å²) in [4.78, 5) is 7.19. The summed E-state index contributed by atoms with van der Waals surface area (Å²) in [7, 11) is 0. The van der Waals surface area contributed by atoms with Gasteiger partial charge in [-0.25, -0.2) is 4.98 Å². The van der Waals surface area contributed by atoms with Gasteiger partial charge < -0.3 is 9.84 Å². The van der Waals surface area contributed by atoms with Crippen LogP contribution in [0.1, 0.15) is 12.5 Å². The smallest absolute Gasteiger partial charge is 0.423 e. The minimum absolute atomic E-state index is 0.179. The van der Waals surface area contributed by atoms with E-state index in [1.54, 1.807) is 6.26 Å². The van der Waals surface area contributed by atoms with E-state index in [0.717, 1.165) is 11.8 Å². The van der Waals surface area contributed by atoms with Crippen LogP contribution in [0.2, 0.25) is 0 Å². The molecule has 0 amide bonds. The molecule has 1 rings (SSSR count). The van der Waals surface area contributed by atoms with Crippen LogP contribution in [0, 0.1) is 0 Å². The van der Waals surface area contributed by atoms with Crippen molar-refractivity contribution in [1.29, 1.82) is 0 Å². The highest BCUT2D eigenvalue weighted by molar-refractivity contribution is 7.98. The molecular formula is C9H11F3N2O2S. The predicted molar refractivity (Wildman–Crippen MR) is 56.0 cm³/mol. The van der Waals surface area contributed by atoms with Gasteiger partial charge in [0.25, 0.3) is 0 Å². The number of aliphatic hydroxyl groups is 1. The zero-order chi connectivity index (χ0) is 13.1. The molecule has 0 radical (unpaired) electrons.